The standard InChI is InChI=1S/C14H28N2/c1-16(11-12-7-6-10-14(12)15)13-8-4-2-3-5-9-13/h12-14H,2-11,15H2,1H3. The Bertz CT molecular complexity index is 197. The minimum absolute atomic E-state index is 0.480. The topological polar surface area (TPSA) is 29.3 Å². The van der Waals surface area contributed by atoms with Crippen molar-refractivity contribution in [2.24, 2.45) is 11.7 Å². The van der Waals surface area contributed by atoms with Crippen molar-refractivity contribution in [3.05, 3.63) is 0 Å². The van der Waals surface area contributed by atoms with Crippen LogP contribution in [-0.4, -0.2) is 30.6 Å². The molecule has 2 rings (SSSR count). The van der Waals surface area contributed by atoms with Gasteiger partial charge in [-0.15, -0.1) is 0 Å². The van der Waals surface area contributed by atoms with Gasteiger partial charge in [-0.25, -0.2) is 0 Å². The van der Waals surface area contributed by atoms with Gasteiger partial charge in [0.05, 0.1) is 0 Å². The molecule has 0 saturated heterocycles. The summed E-state index contributed by atoms with van der Waals surface area (Å²) < 4.78 is 0. The molecule has 2 aliphatic carbocycles. The first-order chi connectivity index (χ1) is 7.77. The zero-order valence-corrected chi connectivity index (χ0v) is 10.8. The molecule has 0 radical (unpaired) electrons. The predicted octanol–water partition coefficient (Wildman–Crippen LogP) is 2.77. The molecule has 0 aromatic carbocycles. The summed E-state index contributed by atoms with van der Waals surface area (Å²) in [5.41, 5.74) is 6.16. The Balaban J connectivity index is 1.79. The first-order valence-electron chi connectivity index (χ1n) is 7.23. The summed E-state index contributed by atoms with van der Waals surface area (Å²) in [4.78, 5) is 2.61. The molecule has 2 fully saturated rings. The molecule has 2 N–H and O–H groups in total. The van der Waals surface area contributed by atoms with Gasteiger partial charge >= 0.3 is 0 Å². The lowest BCUT2D eigenvalue weighted by molar-refractivity contribution is 0.184. The largest absolute Gasteiger partial charge is 0.327 e. The molecule has 94 valence electrons. The highest BCUT2D eigenvalue weighted by atomic mass is 15.1. The van der Waals surface area contributed by atoms with Crippen LogP contribution in [0.1, 0.15) is 57.8 Å². The molecule has 0 aliphatic heterocycles. The average Bonchev–Trinajstić information content (AvgIpc) is 2.57. The first kappa shape index (κ1) is 12.4. The molecule has 2 heteroatoms. The lowest BCUT2D eigenvalue weighted by Crippen LogP contribution is -2.39. The molecular formula is C14H28N2. The van der Waals surface area contributed by atoms with Crippen molar-refractivity contribution in [3.63, 3.8) is 0 Å². The van der Waals surface area contributed by atoms with Crippen LogP contribution in [0.3, 0.4) is 0 Å². The summed E-state index contributed by atoms with van der Waals surface area (Å²) >= 11 is 0. The highest BCUT2D eigenvalue weighted by molar-refractivity contribution is 4.84. The maximum absolute atomic E-state index is 6.16. The van der Waals surface area contributed by atoms with Gasteiger partial charge in [-0.2, -0.15) is 0 Å². The molecular weight excluding hydrogens is 196 g/mol. The second-order valence-corrected chi connectivity index (χ2v) is 5.94. The first-order valence-corrected chi connectivity index (χ1v) is 7.23. The van der Waals surface area contributed by atoms with E-state index in [1.54, 1.807) is 0 Å². The maximum atomic E-state index is 6.16. The van der Waals surface area contributed by atoms with Crippen molar-refractivity contribution in [2.45, 2.75) is 69.9 Å². The van der Waals surface area contributed by atoms with Gasteiger partial charge < -0.3 is 10.6 Å². The average molecular weight is 224 g/mol. The van der Waals surface area contributed by atoms with E-state index in [0.717, 1.165) is 12.0 Å². The number of nitrogens with two attached hydrogens (primary N) is 1. The van der Waals surface area contributed by atoms with Gasteiger partial charge in [0.15, 0.2) is 0 Å². The van der Waals surface area contributed by atoms with E-state index in [9.17, 15) is 0 Å². The van der Waals surface area contributed by atoms with Gasteiger partial charge in [-0.05, 0) is 38.6 Å². The van der Waals surface area contributed by atoms with Crippen LogP contribution >= 0.6 is 0 Å². The summed E-state index contributed by atoms with van der Waals surface area (Å²) in [6.45, 7) is 1.24. The quantitative estimate of drug-likeness (QED) is 0.747. The third-order valence-corrected chi connectivity index (χ3v) is 4.69. The summed E-state index contributed by atoms with van der Waals surface area (Å²) in [7, 11) is 2.32. The summed E-state index contributed by atoms with van der Waals surface area (Å²) in [6.07, 6.45) is 12.6. The Hall–Kier alpha value is -0.0800. The van der Waals surface area contributed by atoms with Crippen molar-refractivity contribution in [2.75, 3.05) is 13.6 Å². The summed E-state index contributed by atoms with van der Waals surface area (Å²) in [6, 6.07) is 1.32. The fourth-order valence-electron chi connectivity index (χ4n) is 3.51. The van der Waals surface area contributed by atoms with E-state index >= 15 is 0 Å². The third-order valence-electron chi connectivity index (χ3n) is 4.69. The Labute approximate surface area is 101 Å². The number of nitrogens with zero attached hydrogens (tertiary/aromatic N) is 1. The molecule has 0 aromatic heterocycles. The van der Waals surface area contributed by atoms with E-state index in [1.807, 2.05) is 0 Å². The summed E-state index contributed by atoms with van der Waals surface area (Å²) in [5.74, 6) is 0.772. The van der Waals surface area contributed by atoms with E-state index in [4.69, 9.17) is 5.73 Å². The van der Waals surface area contributed by atoms with Gasteiger partial charge in [0.1, 0.15) is 0 Å². The van der Waals surface area contributed by atoms with Gasteiger partial charge in [0.2, 0.25) is 0 Å². The van der Waals surface area contributed by atoms with Gasteiger partial charge in [-0.3, -0.25) is 0 Å². The molecule has 0 spiro atoms. The van der Waals surface area contributed by atoms with Crippen LogP contribution in [0.15, 0.2) is 0 Å². The van der Waals surface area contributed by atoms with Crippen LogP contribution in [0.5, 0.6) is 0 Å². The van der Waals surface area contributed by atoms with E-state index in [1.165, 1.54) is 64.3 Å². The molecule has 0 bridgehead atoms. The molecule has 16 heavy (non-hydrogen) atoms. The van der Waals surface area contributed by atoms with Crippen molar-refractivity contribution < 1.29 is 0 Å². The fraction of sp³-hybridized carbons (Fsp3) is 1.00. The van der Waals surface area contributed by atoms with Crippen LogP contribution < -0.4 is 5.73 Å². The third kappa shape index (κ3) is 3.21. The highest BCUT2D eigenvalue weighted by Gasteiger charge is 2.27. The van der Waals surface area contributed by atoms with Gasteiger partial charge in [0.25, 0.3) is 0 Å². The van der Waals surface area contributed by atoms with Crippen LogP contribution in [0, 0.1) is 5.92 Å². The van der Waals surface area contributed by atoms with Crippen LogP contribution in [0.4, 0.5) is 0 Å². The van der Waals surface area contributed by atoms with E-state index in [-0.39, 0.29) is 0 Å². The van der Waals surface area contributed by atoms with Crippen LogP contribution in [0.25, 0.3) is 0 Å². The Morgan fingerprint density at radius 3 is 2.19 bits per heavy atom. The van der Waals surface area contributed by atoms with Crippen molar-refractivity contribution in [1.29, 1.82) is 0 Å². The number of rotatable bonds is 3. The van der Waals surface area contributed by atoms with Crippen LogP contribution in [0.2, 0.25) is 0 Å². The van der Waals surface area contributed by atoms with Crippen LogP contribution in [-0.2, 0) is 0 Å². The second kappa shape index (κ2) is 6.02. The Kier molecular flexibility index (Phi) is 4.66. The van der Waals surface area contributed by atoms with Gasteiger partial charge in [0, 0.05) is 18.6 Å². The Morgan fingerprint density at radius 1 is 0.938 bits per heavy atom. The minimum atomic E-state index is 0.480. The summed E-state index contributed by atoms with van der Waals surface area (Å²) in [5, 5.41) is 0. The Morgan fingerprint density at radius 2 is 1.62 bits per heavy atom. The van der Waals surface area contributed by atoms with Crippen molar-refractivity contribution in [3.8, 4) is 0 Å². The zero-order valence-electron chi connectivity index (χ0n) is 10.8. The second-order valence-electron chi connectivity index (χ2n) is 5.94. The number of hydrogen-bond acceptors (Lipinski definition) is 2. The molecule has 2 aliphatic rings. The predicted molar refractivity (Wildman–Crippen MR) is 69.4 cm³/mol. The lowest BCUT2D eigenvalue weighted by atomic mass is 10.0. The molecule has 0 heterocycles. The number of hydrogen-bond donors (Lipinski definition) is 1. The molecule has 0 amide bonds. The minimum Gasteiger partial charge on any atom is -0.327 e. The molecule has 2 atom stereocenters. The maximum Gasteiger partial charge on any atom is 0.00923 e. The smallest absolute Gasteiger partial charge is 0.00923 e. The van der Waals surface area contributed by atoms with Crippen molar-refractivity contribution >= 4 is 0 Å². The molecule has 0 aromatic rings. The van der Waals surface area contributed by atoms with E-state index in [0.29, 0.717) is 6.04 Å². The normalized spacial score (nSPS) is 33.2. The molecule has 2 unspecified atom stereocenters. The monoisotopic (exact) mass is 224 g/mol. The zero-order chi connectivity index (χ0) is 11.4. The SMILES string of the molecule is CN(CC1CCCC1N)C1CCCCCC1. The fourth-order valence-corrected chi connectivity index (χ4v) is 3.51. The lowest BCUT2D eigenvalue weighted by Gasteiger charge is -2.30. The molecule has 2 nitrogen and oxygen atoms in total. The molecule has 2 saturated carbocycles. The van der Waals surface area contributed by atoms with Gasteiger partial charge in [-0.1, -0.05) is 32.1 Å². The van der Waals surface area contributed by atoms with E-state index < -0.39 is 0 Å². The highest BCUT2D eigenvalue weighted by Crippen LogP contribution is 2.27. The van der Waals surface area contributed by atoms with E-state index in [2.05, 4.69) is 11.9 Å². The van der Waals surface area contributed by atoms with Crippen molar-refractivity contribution in [1.82, 2.24) is 4.90 Å².